The Kier molecular flexibility index (Phi) is 3.60. The molecule has 0 aliphatic rings. The molecule has 0 aliphatic carbocycles. The van der Waals surface area contributed by atoms with Gasteiger partial charge in [0.1, 0.15) is 0 Å². The molecule has 2 N–H and O–H groups in total. The highest BCUT2D eigenvalue weighted by Gasteiger charge is 2.20. The summed E-state index contributed by atoms with van der Waals surface area (Å²) in [6.07, 6.45) is 0. The van der Waals surface area contributed by atoms with Crippen molar-refractivity contribution in [1.82, 2.24) is 0 Å². The lowest BCUT2D eigenvalue weighted by molar-refractivity contribution is 0.541. The maximum absolute atomic E-state index is 5.84. The van der Waals surface area contributed by atoms with Crippen LogP contribution < -0.4 is 5.73 Å². The third kappa shape index (κ3) is 2.50. The topological polar surface area (TPSA) is 26.0 Å². The van der Waals surface area contributed by atoms with Crippen LogP contribution in [0.3, 0.4) is 0 Å². The molecule has 1 aromatic carbocycles. The van der Waals surface area contributed by atoms with Crippen LogP contribution in [0.25, 0.3) is 10.4 Å². The fraction of sp³-hybridized carbons (Fsp3) is 0.375. The molecule has 0 radical (unpaired) electrons. The molecule has 2 heteroatoms. The van der Waals surface area contributed by atoms with E-state index in [1.54, 1.807) is 0 Å². The van der Waals surface area contributed by atoms with Gasteiger partial charge in [-0.3, -0.25) is 0 Å². The molecule has 96 valence electrons. The minimum absolute atomic E-state index is 0.0628. The second kappa shape index (κ2) is 4.87. The minimum atomic E-state index is 0.0628. The van der Waals surface area contributed by atoms with Gasteiger partial charge in [-0.05, 0) is 42.0 Å². The van der Waals surface area contributed by atoms with Crippen molar-refractivity contribution < 1.29 is 0 Å². The molecule has 0 saturated heterocycles. The van der Waals surface area contributed by atoms with Gasteiger partial charge in [-0.15, -0.1) is 11.3 Å². The quantitative estimate of drug-likeness (QED) is 0.875. The number of thiophene rings is 1. The average Bonchev–Trinajstić information content (AvgIpc) is 2.79. The molecule has 0 saturated carbocycles. The lowest BCUT2D eigenvalue weighted by Crippen LogP contribution is -2.27. The summed E-state index contributed by atoms with van der Waals surface area (Å²) in [7, 11) is 0. The summed E-state index contributed by atoms with van der Waals surface area (Å²) in [5.41, 5.74) is 11.2. The third-order valence-electron chi connectivity index (χ3n) is 3.54. The first-order chi connectivity index (χ1) is 8.44. The zero-order valence-corrected chi connectivity index (χ0v) is 12.4. The van der Waals surface area contributed by atoms with Crippen molar-refractivity contribution >= 4 is 11.3 Å². The highest BCUT2D eigenvalue weighted by Crippen LogP contribution is 2.34. The molecule has 0 amide bonds. The molecule has 1 aromatic heterocycles. The number of rotatable bonds is 3. The Hall–Kier alpha value is -1.12. The van der Waals surface area contributed by atoms with Crippen molar-refractivity contribution in [2.24, 2.45) is 5.73 Å². The number of benzene rings is 1. The van der Waals surface area contributed by atoms with Crippen LogP contribution >= 0.6 is 11.3 Å². The second-order valence-electron chi connectivity index (χ2n) is 5.61. The zero-order valence-electron chi connectivity index (χ0n) is 11.6. The van der Waals surface area contributed by atoms with Gasteiger partial charge >= 0.3 is 0 Å². The van der Waals surface area contributed by atoms with Gasteiger partial charge in [0.25, 0.3) is 0 Å². The van der Waals surface area contributed by atoms with Crippen LogP contribution in [0.4, 0.5) is 0 Å². The van der Waals surface area contributed by atoms with E-state index in [1.165, 1.54) is 27.1 Å². The van der Waals surface area contributed by atoms with Crippen LogP contribution in [-0.4, -0.2) is 6.54 Å². The lowest BCUT2D eigenvalue weighted by Gasteiger charge is -2.20. The second-order valence-corrected chi connectivity index (χ2v) is 6.52. The number of hydrogen-bond donors (Lipinski definition) is 1. The first-order valence-electron chi connectivity index (χ1n) is 6.31. The molecule has 0 bridgehead atoms. The molecule has 0 unspecified atom stereocenters. The fourth-order valence-electron chi connectivity index (χ4n) is 2.04. The van der Waals surface area contributed by atoms with Gasteiger partial charge in [0.15, 0.2) is 0 Å². The van der Waals surface area contributed by atoms with Crippen molar-refractivity contribution in [2.45, 2.75) is 33.1 Å². The smallest absolute Gasteiger partial charge is 0.0348 e. The molecule has 0 spiro atoms. The summed E-state index contributed by atoms with van der Waals surface area (Å²) < 4.78 is 0. The number of aryl methyl sites for hydroxylation is 2. The Labute approximate surface area is 114 Å². The summed E-state index contributed by atoms with van der Waals surface area (Å²) in [4.78, 5) is 1.34. The normalized spacial score (nSPS) is 11.8. The SMILES string of the molecule is Cc1ccc(-c2cc(C(C)(C)CN)cs2)c(C)c1. The van der Waals surface area contributed by atoms with Crippen molar-refractivity contribution in [3.05, 3.63) is 46.3 Å². The van der Waals surface area contributed by atoms with E-state index in [9.17, 15) is 0 Å². The van der Waals surface area contributed by atoms with E-state index in [4.69, 9.17) is 5.73 Å². The summed E-state index contributed by atoms with van der Waals surface area (Å²) in [5.74, 6) is 0. The van der Waals surface area contributed by atoms with E-state index in [1.807, 2.05) is 11.3 Å². The van der Waals surface area contributed by atoms with Gasteiger partial charge in [-0.2, -0.15) is 0 Å². The molecule has 1 heterocycles. The number of nitrogens with two attached hydrogens (primary N) is 1. The molecule has 2 aromatic rings. The molecule has 2 rings (SSSR count). The van der Waals surface area contributed by atoms with Crippen LogP contribution in [0.15, 0.2) is 29.6 Å². The standard InChI is InChI=1S/C16H21NS/c1-11-5-6-14(12(2)7-11)15-8-13(9-18-15)16(3,4)10-17/h5-9H,10,17H2,1-4H3. The van der Waals surface area contributed by atoms with Crippen LogP contribution in [0.2, 0.25) is 0 Å². The van der Waals surface area contributed by atoms with Gasteiger partial charge < -0.3 is 5.73 Å². The van der Waals surface area contributed by atoms with E-state index in [2.05, 4.69) is 57.3 Å². The highest BCUT2D eigenvalue weighted by atomic mass is 32.1. The van der Waals surface area contributed by atoms with Crippen molar-refractivity contribution in [2.75, 3.05) is 6.54 Å². The van der Waals surface area contributed by atoms with E-state index in [-0.39, 0.29) is 5.41 Å². The molecular formula is C16H21NS. The average molecular weight is 259 g/mol. The summed E-state index contributed by atoms with van der Waals surface area (Å²) in [6.45, 7) is 9.38. The Bertz CT molecular complexity index is 552. The largest absolute Gasteiger partial charge is 0.330 e. The fourth-order valence-corrected chi connectivity index (χ4v) is 3.23. The van der Waals surface area contributed by atoms with E-state index >= 15 is 0 Å². The molecule has 0 fully saturated rings. The van der Waals surface area contributed by atoms with E-state index in [0.29, 0.717) is 6.54 Å². The van der Waals surface area contributed by atoms with Gasteiger partial charge in [0.05, 0.1) is 0 Å². The van der Waals surface area contributed by atoms with Crippen molar-refractivity contribution in [3.63, 3.8) is 0 Å². The molecule has 18 heavy (non-hydrogen) atoms. The predicted molar refractivity (Wildman–Crippen MR) is 81.3 cm³/mol. The van der Waals surface area contributed by atoms with Gasteiger partial charge in [-0.25, -0.2) is 0 Å². The maximum atomic E-state index is 5.84. The first kappa shape index (κ1) is 13.3. The van der Waals surface area contributed by atoms with Crippen molar-refractivity contribution in [1.29, 1.82) is 0 Å². The Morgan fingerprint density at radius 2 is 1.89 bits per heavy atom. The maximum Gasteiger partial charge on any atom is 0.0348 e. The van der Waals surface area contributed by atoms with Crippen LogP contribution in [0, 0.1) is 13.8 Å². The Balaban J connectivity index is 2.41. The summed E-state index contributed by atoms with van der Waals surface area (Å²) >= 11 is 1.81. The summed E-state index contributed by atoms with van der Waals surface area (Å²) in [5, 5.41) is 2.24. The lowest BCUT2D eigenvalue weighted by atomic mass is 9.86. The van der Waals surface area contributed by atoms with E-state index in [0.717, 1.165) is 0 Å². The first-order valence-corrected chi connectivity index (χ1v) is 7.19. The molecule has 0 atom stereocenters. The highest BCUT2D eigenvalue weighted by molar-refractivity contribution is 7.13. The van der Waals surface area contributed by atoms with Gasteiger partial charge in [0.2, 0.25) is 0 Å². The zero-order chi connectivity index (χ0) is 13.3. The van der Waals surface area contributed by atoms with E-state index < -0.39 is 0 Å². The Morgan fingerprint density at radius 3 is 2.50 bits per heavy atom. The molecule has 0 aliphatic heterocycles. The number of hydrogen-bond acceptors (Lipinski definition) is 2. The monoisotopic (exact) mass is 259 g/mol. The van der Waals surface area contributed by atoms with Crippen molar-refractivity contribution in [3.8, 4) is 10.4 Å². The van der Waals surface area contributed by atoms with Gasteiger partial charge in [0, 0.05) is 16.8 Å². The van der Waals surface area contributed by atoms with Crippen LogP contribution in [0.5, 0.6) is 0 Å². The Morgan fingerprint density at radius 1 is 1.17 bits per heavy atom. The minimum Gasteiger partial charge on any atom is -0.330 e. The molecule has 1 nitrogen and oxygen atoms in total. The van der Waals surface area contributed by atoms with Gasteiger partial charge in [-0.1, -0.05) is 37.6 Å². The van der Waals surface area contributed by atoms with Crippen LogP contribution in [-0.2, 0) is 5.41 Å². The molecular weight excluding hydrogens is 238 g/mol. The predicted octanol–water partition coefficient (Wildman–Crippen LogP) is 4.27. The van der Waals surface area contributed by atoms with Crippen LogP contribution in [0.1, 0.15) is 30.5 Å². The summed E-state index contributed by atoms with van der Waals surface area (Å²) in [6, 6.07) is 8.92. The third-order valence-corrected chi connectivity index (χ3v) is 4.50.